The molecule has 0 radical (unpaired) electrons. The largest absolute Gasteiger partial charge is 0.378 e. The lowest BCUT2D eigenvalue weighted by Crippen LogP contribution is -2.56. The third kappa shape index (κ3) is 5.06. The third-order valence-corrected chi connectivity index (χ3v) is 5.10. The van der Waals surface area contributed by atoms with Gasteiger partial charge in [-0.25, -0.2) is 8.78 Å². The van der Waals surface area contributed by atoms with Crippen LogP contribution in [0.15, 0.2) is 60.7 Å². The minimum Gasteiger partial charge on any atom is -0.378 e. The van der Waals surface area contributed by atoms with Gasteiger partial charge in [-0.15, -0.1) is 0 Å². The number of benzene rings is 2. The van der Waals surface area contributed by atoms with Crippen molar-refractivity contribution in [3.05, 3.63) is 83.4 Å². The van der Waals surface area contributed by atoms with Crippen LogP contribution in [0.3, 0.4) is 0 Å². The number of imide groups is 1. The summed E-state index contributed by atoms with van der Waals surface area (Å²) in [5.74, 6) is -5.02. The molecule has 7 nitrogen and oxygen atoms in total. The van der Waals surface area contributed by atoms with E-state index in [0.717, 1.165) is 17.7 Å². The SMILES string of the molecule is C[C@H](N)C(=O)N(C(=O)[C@H](O)c1cc(F)cc(F)c1)[C@H]1C=C[C@@H](c2ccccc2)CNC1=O. The van der Waals surface area contributed by atoms with Crippen molar-refractivity contribution in [2.45, 2.75) is 31.0 Å². The van der Waals surface area contributed by atoms with E-state index in [9.17, 15) is 28.3 Å². The Morgan fingerprint density at radius 3 is 2.31 bits per heavy atom. The Balaban J connectivity index is 1.96. The summed E-state index contributed by atoms with van der Waals surface area (Å²) in [5, 5.41) is 13.2. The van der Waals surface area contributed by atoms with Crippen molar-refractivity contribution in [1.29, 1.82) is 0 Å². The van der Waals surface area contributed by atoms with E-state index in [1.807, 2.05) is 30.3 Å². The number of hydrogen-bond acceptors (Lipinski definition) is 5. The van der Waals surface area contributed by atoms with Crippen LogP contribution in [-0.2, 0) is 14.4 Å². The molecule has 0 saturated carbocycles. The fourth-order valence-corrected chi connectivity index (χ4v) is 3.45. The molecular weight excluding hydrogens is 420 g/mol. The molecule has 168 valence electrons. The van der Waals surface area contributed by atoms with E-state index in [-0.39, 0.29) is 12.5 Å². The van der Waals surface area contributed by atoms with E-state index in [1.165, 1.54) is 13.0 Å². The van der Waals surface area contributed by atoms with Crippen LogP contribution in [0.4, 0.5) is 8.78 Å². The zero-order valence-electron chi connectivity index (χ0n) is 17.2. The normalized spacial score (nSPS) is 20.1. The van der Waals surface area contributed by atoms with Crippen molar-refractivity contribution in [1.82, 2.24) is 10.2 Å². The molecule has 0 aromatic heterocycles. The van der Waals surface area contributed by atoms with E-state index in [4.69, 9.17) is 5.73 Å². The molecule has 0 bridgehead atoms. The Kier molecular flexibility index (Phi) is 7.12. The summed E-state index contributed by atoms with van der Waals surface area (Å²) >= 11 is 0. The van der Waals surface area contributed by atoms with Gasteiger partial charge in [-0.05, 0) is 30.2 Å². The lowest BCUT2D eigenvalue weighted by molar-refractivity contribution is -0.156. The van der Waals surface area contributed by atoms with E-state index >= 15 is 0 Å². The Morgan fingerprint density at radius 2 is 1.72 bits per heavy atom. The number of carbonyl (C=O) groups is 3. The van der Waals surface area contributed by atoms with Crippen molar-refractivity contribution >= 4 is 17.7 Å². The van der Waals surface area contributed by atoms with Gasteiger partial charge in [0.2, 0.25) is 11.8 Å². The maximum atomic E-state index is 13.6. The van der Waals surface area contributed by atoms with Gasteiger partial charge < -0.3 is 16.2 Å². The summed E-state index contributed by atoms with van der Waals surface area (Å²) in [4.78, 5) is 39.2. The van der Waals surface area contributed by atoms with Crippen LogP contribution in [0.1, 0.15) is 30.1 Å². The summed E-state index contributed by atoms with van der Waals surface area (Å²) < 4.78 is 27.2. The monoisotopic (exact) mass is 443 g/mol. The van der Waals surface area contributed by atoms with Gasteiger partial charge in [-0.3, -0.25) is 19.3 Å². The number of carbonyl (C=O) groups excluding carboxylic acids is 3. The van der Waals surface area contributed by atoms with E-state index in [1.54, 1.807) is 6.08 Å². The predicted molar refractivity (Wildman–Crippen MR) is 112 cm³/mol. The molecule has 0 spiro atoms. The maximum Gasteiger partial charge on any atom is 0.263 e. The number of nitrogens with one attached hydrogen (secondary N) is 1. The first-order chi connectivity index (χ1) is 15.2. The molecule has 2 aromatic carbocycles. The first kappa shape index (κ1) is 23.2. The van der Waals surface area contributed by atoms with Crippen molar-refractivity contribution < 1.29 is 28.3 Å². The highest BCUT2D eigenvalue weighted by Gasteiger charge is 2.39. The molecule has 2 aromatic rings. The second-order valence-electron chi connectivity index (χ2n) is 7.53. The van der Waals surface area contributed by atoms with Crippen molar-refractivity contribution in [3.8, 4) is 0 Å². The van der Waals surface area contributed by atoms with E-state index in [2.05, 4.69) is 5.32 Å². The first-order valence-electron chi connectivity index (χ1n) is 9.96. The van der Waals surface area contributed by atoms with Crippen molar-refractivity contribution in [2.75, 3.05) is 6.54 Å². The summed E-state index contributed by atoms with van der Waals surface area (Å²) in [6.45, 7) is 1.55. The van der Waals surface area contributed by atoms with Crippen LogP contribution in [0.2, 0.25) is 0 Å². The molecule has 3 rings (SSSR count). The number of aliphatic hydroxyl groups is 1. The van der Waals surface area contributed by atoms with Crippen LogP contribution in [0.5, 0.6) is 0 Å². The molecule has 0 aliphatic carbocycles. The topological polar surface area (TPSA) is 113 Å². The van der Waals surface area contributed by atoms with Gasteiger partial charge in [0, 0.05) is 18.5 Å². The number of aliphatic hydroxyl groups excluding tert-OH is 1. The fourth-order valence-electron chi connectivity index (χ4n) is 3.45. The van der Waals surface area contributed by atoms with Crippen LogP contribution < -0.4 is 11.1 Å². The van der Waals surface area contributed by atoms with Gasteiger partial charge in [0.25, 0.3) is 5.91 Å². The van der Waals surface area contributed by atoms with Gasteiger partial charge in [-0.2, -0.15) is 0 Å². The lowest BCUT2D eigenvalue weighted by Gasteiger charge is -2.29. The summed E-state index contributed by atoms with van der Waals surface area (Å²) in [6, 6.07) is 8.84. The minimum atomic E-state index is -2.09. The van der Waals surface area contributed by atoms with Gasteiger partial charge in [0.15, 0.2) is 6.10 Å². The second kappa shape index (κ2) is 9.80. The van der Waals surface area contributed by atoms with Crippen LogP contribution >= 0.6 is 0 Å². The van der Waals surface area contributed by atoms with Crippen LogP contribution in [-0.4, -0.2) is 46.4 Å². The van der Waals surface area contributed by atoms with Crippen LogP contribution in [0.25, 0.3) is 0 Å². The minimum absolute atomic E-state index is 0.213. The molecule has 1 aliphatic rings. The molecule has 4 atom stereocenters. The standard InChI is InChI=1S/C23H23F2N3O4/c1-13(26)22(31)28(23(32)20(29)16-9-17(24)11-18(25)10-16)19-8-7-15(12-27-21(19)30)14-5-3-2-4-6-14/h2-11,13,15,19-20,29H,12,26H2,1H3,(H,27,30)/t13-,15+,19-,20+/m0/s1. The summed E-state index contributed by atoms with van der Waals surface area (Å²) in [5.41, 5.74) is 6.19. The molecule has 1 aliphatic heterocycles. The van der Waals surface area contributed by atoms with Gasteiger partial charge in [-0.1, -0.05) is 42.5 Å². The molecule has 1 heterocycles. The Labute approximate surface area is 183 Å². The van der Waals surface area contributed by atoms with Gasteiger partial charge >= 0.3 is 0 Å². The number of rotatable bonds is 5. The van der Waals surface area contributed by atoms with Crippen molar-refractivity contribution in [3.63, 3.8) is 0 Å². The summed E-state index contributed by atoms with van der Waals surface area (Å²) in [7, 11) is 0. The Morgan fingerprint density at radius 1 is 1.09 bits per heavy atom. The molecule has 0 unspecified atom stereocenters. The highest BCUT2D eigenvalue weighted by molar-refractivity contribution is 6.04. The molecule has 4 N–H and O–H groups in total. The molecular formula is C23H23F2N3O4. The molecule has 32 heavy (non-hydrogen) atoms. The highest BCUT2D eigenvalue weighted by atomic mass is 19.1. The van der Waals surface area contributed by atoms with E-state index in [0.29, 0.717) is 11.0 Å². The quantitative estimate of drug-likeness (QED) is 0.607. The molecule has 3 amide bonds. The average molecular weight is 443 g/mol. The predicted octanol–water partition coefficient (Wildman–Crippen LogP) is 1.54. The number of amides is 3. The fraction of sp³-hybridized carbons (Fsp3) is 0.261. The average Bonchev–Trinajstić information content (AvgIpc) is 2.95. The van der Waals surface area contributed by atoms with Crippen LogP contribution in [0, 0.1) is 11.6 Å². The summed E-state index contributed by atoms with van der Waals surface area (Å²) in [6.07, 6.45) is 0.982. The second-order valence-corrected chi connectivity index (χ2v) is 7.53. The Bertz CT molecular complexity index is 1020. The van der Waals surface area contributed by atoms with Crippen molar-refractivity contribution in [2.24, 2.45) is 5.73 Å². The smallest absolute Gasteiger partial charge is 0.263 e. The number of nitrogens with two attached hydrogens (primary N) is 1. The first-order valence-corrected chi connectivity index (χ1v) is 9.96. The molecule has 0 saturated heterocycles. The molecule has 9 heteroatoms. The highest BCUT2D eigenvalue weighted by Crippen LogP contribution is 2.24. The number of hydrogen-bond donors (Lipinski definition) is 3. The number of nitrogens with zero attached hydrogens (tertiary/aromatic N) is 1. The van der Waals surface area contributed by atoms with E-state index < -0.39 is 53.1 Å². The zero-order chi connectivity index (χ0) is 23.4. The van der Waals surface area contributed by atoms with Gasteiger partial charge in [0.05, 0.1) is 6.04 Å². The maximum absolute atomic E-state index is 13.6. The number of halogens is 2. The third-order valence-electron chi connectivity index (χ3n) is 5.10. The lowest BCUT2D eigenvalue weighted by atomic mass is 9.98. The Hall–Kier alpha value is -3.43. The van der Waals surface area contributed by atoms with Gasteiger partial charge in [0.1, 0.15) is 17.7 Å². The molecule has 0 fully saturated rings. The zero-order valence-corrected chi connectivity index (χ0v) is 17.2.